The molecule has 4 nitrogen and oxygen atoms in total. The minimum atomic E-state index is -1.01. The van der Waals surface area contributed by atoms with Crippen molar-refractivity contribution < 1.29 is 19.4 Å². The van der Waals surface area contributed by atoms with Gasteiger partial charge in [-0.05, 0) is 37.5 Å². The molecule has 0 aromatic heterocycles. The van der Waals surface area contributed by atoms with Crippen molar-refractivity contribution >= 4 is 5.97 Å². The summed E-state index contributed by atoms with van der Waals surface area (Å²) in [6.07, 6.45) is 0.863. The summed E-state index contributed by atoms with van der Waals surface area (Å²) < 4.78 is 10.7. The Labute approximate surface area is 108 Å². The number of benzene rings is 1. The zero-order valence-corrected chi connectivity index (χ0v) is 11.3. The molecule has 0 bridgehead atoms. The zero-order chi connectivity index (χ0) is 13.7. The van der Waals surface area contributed by atoms with Crippen LogP contribution < -0.4 is 9.47 Å². The van der Waals surface area contributed by atoms with Crippen LogP contribution >= 0.6 is 0 Å². The molecule has 0 aliphatic rings. The number of carboxylic acid groups (broad SMARTS) is 1. The van der Waals surface area contributed by atoms with Gasteiger partial charge < -0.3 is 14.6 Å². The largest absolute Gasteiger partial charge is 0.497 e. The van der Waals surface area contributed by atoms with Crippen LogP contribution in [0.4, 0.5) is 0 Å². The summed E-state index contributed by atoms with van der Waals surface area (Å²) in [5, 5.41) is 9.14. The highest BCUT2D eigenvalue weighted by molar-refractivity contribution is 5.91. The molecule has 0 saturated carbocycles. The average Bonchev–Trinajstić information content (AvgIpc) is 2.28. The van der Waals surface area contributed by atoms with E-state index in [1.54, 1.807) is 12.1 Å². The molecule has 0 spiro atoms. The first-order chi connectivity index (χ1) is 8.43. The fraction of sp³-hybridized carbons (Fsp3) is 0.500. The normalized spacial score (nSPS) is 12.3. The fourth-order valence-corrected chi connectivity index (χ4v) is 1.83. The van der Waals surface area contributed by atoms with Crippen LogP contribution in [0.25, 0.3) is 0 Å². The van der Waals surface area contributed by atoms with Gasteiger partial charge in [0.05, 0.1) is 13.2 Å². The molecule has 4 heteroatoms. The highest BCUT2D eigenvalue weighted by atomic mass is 16.5. The van der Waals surface area contributed by atoms with E-state index in [1.807, 2.05) is 6.92 Å². The number of aromatic carboxylic acids is 1. The molecular weight excluding hydrogens is 232 g/mol. The third-order valence-electron chi connectivity index (χ3n) is 2.55. The molecule has 0 saturated heterocycles. The number of carboxylic acids is 1. The molecule has 1 N–H and O–H groups in total. The Kier molecular flexibility index (Phi) is 5.01. The van der Waals surface area contributed by atoms with Crippen LogP contribution in [-0.2, 0) is 0 Å². The first-order valence-corrected chi connectivity index (χ1v) is 6.02. The van der Waals surface area contributed by atoms with Crippen LogP contribution in [0.2, 0.25) is 0 Å². The topological polar surface area (TPSA) is 55.8 Å². The Balaban J connectivity index is 2.90. The van der Waals surface area contributed by atoms with Crippen LogP contribution in [0.15, 0.2) is 18.2 Å². The van der Waals surface area contributed by atoms with Gasteiger partial charge in [0.2, 0.25) is 0 Å². The number of methoxy groups -OCH3 is 1. The van der Waals surface area contributed by atoms with Crippen LogP contribution in [0.3, 0.4) is 0 Å². The molecule has 0 amide bonds. The second kappa shape index (κ2) is 6.28. The Morgan fingerprint density at radius 2 is 2.00 bits per heavy atom. The third-order valence-corrected chi connectivity index (χ3v) is 2.55. The summed E-state index contributed by atoms with van der Waals surface area (Å²) in [7, 11) is 1.50. The van der Waals surface area contributed by atoms with E-state index in [0.29, 0.717) is 17.4 Å². The summed E-state index contributed by atoms with van der Waals surface area (Å²) in [4.78, 5) is 11.2. The van der Waals surface area contributed by atoms with Crippen molar-refractivity contribution in [3.63, 3.8) is 0 Å². The molecule has 1 aromatic carbocycles. The van der Waals surface area contributed by atoms with E-state index in [0.717, 1.165) is 6.42 Å². The maximum absolute atomic E-state index is 11.2. The van der Waals surface area contributed by atoms with E-state index < -0.39 is 5.97 Å². The maximum Gasteiger partial charge on any atom is 0.339 e. The van der Waals surface area contributed by atoms with Crippen molar-refractivity contribution in [3.8, 4) is 11.5 Å². The standard InChI is InChI=1S/C14H20O4/c1-9(2)7-10(3)18-13-6-5-11(17-4)8-12(13)14(15)16/h5-6,8-10H,7H2,1-4H3,(H,15,16). The van der Waals surface area contributed by atoms with Gasteiger partial charge in [-0.1, -0.05) is 13.8 Å². The molecule has 0 radical (unpaired) electrons. The molecule has 0 heterocycles. The lowest BCUT2D eigenvalue weighted by Gasteiger charge is -2.18. The highest BCUT2D eigenvalue weighted by Crippen LogP contribution is 2.26. The van der Waals surface area contributed by atoms with Crippen molar-refractivity contribution in [2.24, 2.45) is 5.92 Å². The fourth-order valence-electron chi connectivity index (χ4n) is 1.83. The number of rotatable bonds is 6. The predicted molar refractivity (Wildman–Crippen MR) is 69.5 cm³/mol. The summed E-state index contributed by atoms with van der Waals surface area (Å²) in [6.45, 7) is 6.15. The zero-order valence-electron chi connectivity index (χ0n) is 11.3. The van der Waals surface area contributed by atoms with Crippen molar-refractivity contribution in [2.75, 3.05) is 7.11 Å². The van der Waals surface area contributed by atoms with Gasteiger partial charge in [0.1, 0.15) is 17.1 Å². The number of hydrogen-bond donors (Lipinski definition) is 1. The summed E-state index contributed by atoms with van der Waals surface area (Å²) in [5.41, 5.74) is 0.130. The smallest absolute Gasteiger partial charge is 0.339 e. The van der Waals surface area contributed by atoms with Gasteiger partial charge in [-0.2, -0.15) is 0 Å². The third kappa shape index (κ3) is 3.95. The van der Waals surface area contributed by atoms with Gasteiger partial charge >= 0.3 is 5.97 Å². The Morgan fingerprint density at radius 3 is 2.50 bits per heavy atom. The first-order valence-electron chi connectivity index (χ1n) is 6.02. The van der Waals surface area contributed by atoms with Crippen molar-refractivity contribution in [1.29, 1.82) is 0 Å². The number of hydrogen-bond acceptors (Lipinski definition) is 3. The van der Waals surface area contributed by atoms with E-state index in [9.17, 15) is 4.79 Å². The lowest BCUT2D eigenvalue weighted by Crippen LogP contribution is -2.16. The van der Waals surface area contributed by atoms with Crippen LogP contribution in [0, 0.1) is 5.92 Å². The molecule has 1 rings (SSSR count). The van der Waals surface area contributed by atoms with Crippen LogP contribution in [0.5, 0.6) is 11.5 Å². The molecule has 0 aliphatic heterocycles. The van der Waals surface area contributed by atoms with E-state index in [-0.39, 0.29) is 11.7 Å². The molecule has 0 fully saturated rings. The van der Waals surface area contributed by atoms with E-state index >= 15 is 0 Å². The highest BCUT2D eigenvalue weighted by Gasteiger charge is 2.15. The average molecular weight is 252 g/mol. The number of carbonyl (C=O) groups is 1. The first kappa shape index (κ1) is 14.4. The van der Waals surface area contributed by atoms with E-state index in [4.69, 9.17) is 14.6 Å². The molecule has 0 aliphatic carbocycles. The molecule has 1 aromatic rings. The minimum absolute atomic E-state index is 0.0171. The van der Waals surface area contributed by atoms with Gasteiger partial charge in [0, 0.05) is 0 Å². The van der Waals surface area contributed by atoms with Crippen molar-refractivity contribution in [3.05, 3.63) is 23.8 Å². The maximum atomic E-state index is 11.2. The molecule has 100 valence electrons. The van der Waals surface area contributed by atoms with Gasteiger partial charge in [-0.3, -0.25) is 0 Å². The predicted octanol–water partition coefficient (Wildman–Crippen LogP) is 3.21. The summed E-state index contributed by atoms with van der Waals surface area (Å²) in [5.74, 6) is 0.389. The Hall–Kier alpha value is -1.71. The Bertz CT molecular complexity index is 412. The summed E-state index contributed by atoms with van der Waals surface area (Å²) >= 11 is 0. The van der Waals surface area contributed by atoms with Crippen molar-refractivity contribution in [1.82, 2.24) is 0 Å². The molecule has 1 atom stereocenters. The second-order valence-electron chi connectivity index (χ2n) is 4.73. The molecule has 18 heavy (non-hydrogen) atoms. The SMILES string of the molecule is COc1ccc(OC(C)CC(C)C)c(C(=O)O)c1. The van der Waals surface area contributed by atoms with Gasteiger partial charge in [-0.25, -0.2) is 4.79 Å². The molecular formula is C14H20O4. The van der Waals surface area contributed by atoms with Gasteiger partial charge in [-0.15, -0.1) is 0 Å². The second-order valence-corrected chi connectivity index (χ2v) is 4.73. The van der Waals surface area contributed by atoms with Crippen LogP contribution in [-0.4, -0.2) is 24.3 Å². The van der Waals surface area contributed by atoms with Crippen molar-refractivity contribution in [2.45, 2.75) is 33.3 Å². The summed E-state index contributed by atoms with van der Waals surface area (Å²) in [6, 6.07) is 4.81. The lowest BCUT2D eigenvalue weighted by atomic mass is 10.1. The van der Waals surface area contributed by atoms with E-state index in [2.05, 4.69) is 13.8 Å². The quantitative estimate of drug-likeness (QED) is 0.844. The number of ether oxygens (including phenoxy) is 2. The lowest BCUT2D eigenvalue weighted by molar-refractivity contribution is 0.0688. The minimum Gasteiger partial charge on any atom is -0.497 e. The van der Waals surface area contributed by atoms with Gasteiger partial charge in [0.15, 0.2) is 0 Å². The Morgan fingerprint density at radius 1 is 1.33 bits per heavy atom. The van der Waals surface area contributed by atoms with Crippen LogP contribution in [0.1, 0.15) is 37.6 Å². The van der Waals surface area contributed by atoms with Gasteiger partial charge in [0.25, 0.3) is 0 Å². The molecule has 1 unspecified atom stereocenters. The monoisotopic (exact) mass is 252 g/mol. The van der Waals surface area contributed by atoms with E-state index in [1.165, 1.54) is 13.2 Å².